The van der Waals surface area contributed by atoms with Gasteiger partial charge >= 0.3 is 0 Å². The summed E-state index contributed by atoms with van der Waals surface area (Å²) in [7, 11) is 0. The van der Waals surface area contributed by atoms with Gasteiger partial charge in [-0.3, -0.25) is 4.57 Å². The van der Waals surface area contributed by atoms with E-state index in [1.54, 1.807) is 0 Å². The number of hydrogen-bond donors (Lipinski definition) is 1. The number of anilines is 2. The van der Waals surface area contributed by atoms with Crippen LogP contribution in [0.1, 0.15) is 33.7 Å². The number of fused-ring (bicyclic) bond motifs is 14. The highest BCUT2D eigenvalue weighted by molar-refractivity contribution is 6.17. The quantitative estimate of drug-likeness (QED) is 0.187. The number of aryl methyl sites for hydroxylation is 4. The van der Waals surface area contributed by atoms with Gasteiger partial charge in [0.25, 0.3) is 0 Å². The van der Waals surface area contributed by atoms with E-state index in [1.807, 2.05) is 12.3 Å². The maximum absolute atomic E-state index is 5.04. The number of nitrogens with zero attached hydrogens (tertiary/aromatic N) is 4. The summed E-state index contributed by atoms with van der Waals surface area (Å²) >= 11 is 0. The number of para-hydroxylation sites is 3. The highest BCUT2D eigenvalue weighted by Crippen LogP contribution is 2.52. The molecule has 13 aromatic rings. The first kappa shape index (κ1) is 40.4. The zero-order valence-corrected chi connectivity index (χ0v) is 40.6. The van der Waals surface area contributed by atoms with Gasteiger partial charge in [0.15, 0.2) is 0 Å². The van der Waals surface area contributed by atoms with E-state index in [9.17, 15) is 0 Å². The second-order valence-corrected chi connectivity index (χ2v) is 20.9. The van der Waals surface area contributed by atoms with Crippen molar-refractivity contribution in [3.8, 4) is 44.9 Å². The minimum absolute atomic E-state index is 0.258. The van der Waals surface area contributed by atoms with Crippen LogP contribution in [-0.2, 0) is 25.7 Å². The highest BCUT2D eigenvalue weighted by Gasteiger charge is 2.38. The van der Waals surface area contributed by atoms with Crippen LogP contribution in [-0.4, -0.2) is 25.1 Å². The normalized spacial score (nSPS) is 16.3. The maximum atomic E-state index is 5.04. The minimum atomic E-state index is 0.258. The number of aromatic nitrogens is 4. The Labute approximate surface area is 427 Å². The van der Waals surface area contributed by atoms with Gasteiger partial charge in [-0.1, -0.05) is 109 Å². The number of hydrogen-bond acceptors (Lipinski definition) is 2. The highest BCUT2D eigenvalue weighted by atomic mass is 15.2. The lowest BCUT2D eigenvalue weighted by Crippen LogP contribution is -2.28. The molecule has 0 amide bonds. The molecule has 5 heteroatoms. The summed E-state index contributed by atoms with van der Waals surface area (Å²) in [6, 6.07) is 70.4. The second-order valence-electron chi connectivity index (χ2n) is 20.9. The van der Waals surface area contributed by atoms with Crippen LogP contribution in [0.4, 0.5) is 11.4 Å². The van der Waals surface area contributed by atoms with Crippen molar-refractivity contribution in [1.29, 1.82) is 0 Å². The first-order chi connectivity index (χ1) is 36.7. The van der Waals surface area contributed by atoms with Crippen molar-refractivity contribution in [2.75, 3.05) is 4.90 Å². The number of allylic oxidation sites excluding steroid dienone is 2. The molecule has 17 rings (SSSR count). The van der Waals surface area contributed by atoms with E-state index in [2.05, 4.69) is 225 Å². The molecule has 9 aromatic carbocycles. The Morgan fingerprint density at radius 1 is 0.446 bits per heavy atom. The second kappa shape index (κ2) is 15.2. The van der Waals surface area contributed by atoms with Crippen LogP contribution in [0.2, 0.25) is 0 Å². The maximum Gasteiger partial charge on any atom is 0.137 e. The van der Waals surface area contributed by atoms with Crippen molar-refractivity contribution in [3.63, 3.8) is 0 Å². The number of aromatic amines is 1. The molecule has 5 nitrogen and oxygen atoms in total. The first-order valence-electron chi connectivity index (χ1n) is 26.3. The smallest absolute Gasteiger partial charge is 0.137 e. The van der Waals surface area contributed by atoms with E-state index < -0.39 is 0 Å². The predicted octanol–water partition coefficient (Wildman–Crippen LogP) is 16.8. The van der Waals surface area contributed by atoms with E-state index in [0.717, 1.165) is 31.5 Å². The predicted molar refractivity (Wildman–Crippen MR) is 307 cm³/mol. The summed E-state index contributed by atoms with van der Waals surface area (Å²) in [4.78, 5) is 11.5. The molecule has 0 radical (unpaired) electrons. The van der Waals surface area contributed by atoms with Gasteiger partial charge in [-0.2, -0.15) is 0 Å². The fourth-order valence-corrected chi connectivity index (χ4v) is 14.0. The molecule has 1 N–H and O–H groups in total. The monoisotopic (exact) mass is 945 g/mol. The molecule has 5 heterocycles. The largest absolute Gasteiger partial charge is 0.354 e. The molecule has 4 aliphatic rings. The van der Waals surface area contributed by atoms with Crippen LogP contribution < -0.4 is 4.90 Å². The van der Waals surface area contributed by atoms with Gasteiger partial charge < -0.3 is 14.5 Å². The zero-order valence-electron chi connectivity index (χ0n) is 40.6. The summed E-state index contributed by atoms with van der Waals surface area (Å²) in [6.45, 7) is 0. The molecule has 348 valence electrons. The number of nitrogens with one attached hydrogen (secondary N) is 1. The minimum Gasteiger partial charge on any atom is -0.354 e. The Hall–Kier alpha value is -9.19. The number of rotatable bonds is 5. The van der Waals surface area contributed by atoms with Gasteiger partial charge in [-0.05, 0) is 190 Å². The van der Waals surface area contributed by atoms with Crippen molar-refractivity contribution in [2.45, 2.75) is 37.6 Å². The molecular formula is C69H47N5. The molecule has 0 saturated heterocycles. The van der Waals surface area contributed by atoms with Crippen LogP contribution in [0.25, 0.3) is 110 Å². The SMILES string of the molecule is C1=CC2c3cc(-c4ccc5c(c4)c4cc6c7c(c4n5-c4ccccn4)CCc4c-7c(cc5c4[nH]c4ccc(-c7ccc8c(c7)c7ccccc7n8-c7ccccc7)cc45)CC6)ccc3N(c3ccccc3)C2C=C1. The van der Waals surface area contributed by atoms with Crippen LogP contribution in [0, 0.1) is 0 Å². The summed E-state index contributed by atoms with van der Waals surface area (Å²) in [5.74, 6) is 1.25. The number of benzene rings is 9. The summed E-state index contributed by atoms with van der Waals surface area (Å²) in [5, 5.41) is 7.79. The van der Waals surface area contributed by atoms with Gasteiger partial charge in [0, 0.05) is 67.0 Å². The fraction of sp³-hybridized carbons (Fsp3) is 0.0870. The lowest BCUT2D eigenvalue weighted by atomic mass is 9.74. The third-order valence-electron chi connectivity index (χ3n) is 17.2. The van der Waals surface area contributed by atoms with Gasteiger partial charge in [-0.25, -0.2) is 4.98 Å². The lowest BCUT2D eigenvalue weighted by molar-refractivity contribution is 0.745. The van der Waals surface area contributed by atoms with Gasteiger partial charge in [0.1, 0.15) is 5.82 Å². The van der Waals surface area contributed by atoms with E-state index in [4.69, 9.17) is 4.98 Å². The molecule has 1 aliphatic heterocycles. The standard InChI is InChI=1S/C69H47N5/c1-3-13-47(14-4-1)72-60-19-9-7-17-49(60)54-36-42(25-31-62(54)72)41-24-30-59-53(35-41)57-39-45-22-23-46-40-58-56-38-44(43-26-32-63-55(37-43)50-18-8-10-20-61(50)73(63)48-15-5-2-6-16-48)27-33-64(56)74(65-21-11-12-34-70-65)69(58)52-29-28-51(68(57)71-59)66(45)67(46)52/h1-21,24-27,30-40,50,61,71H,22-23,28-29H2. The topological polar surface area (TPSA) is 41.8 Å². The molecule has 4 aromatic heterocycles. The van der Waals surface area contributed by atoms with Crippen LogP contribution in [0.5, 0.6) is 0 Å². The van der Waals surface area contributed by atoms with E-state index >= 15 is 0 Å². The summed E-state index contributed by atoms with van der Waals surface area (Å²) in [6.07, 6.45) is 15.1. The Bertz CT molecular complexity index is 4610. The van der Waals surface area contributed by atoms with Crippen molar-refractivity contribution in [1.82, 2.24) is 19.1 Å². The summed E-state index contributed by atoms with van der Waals surface area (Å²) < 4.78 is 4.86. The Morgan fingerprint density at radius 2 is 1.07 bits per heavy atom. The number of H-pyrrole nitrogens is 1. The molecule has 2 unspecified atom stereocenters. The Morgan fingerprint density at radius 3 is 1.86 bits per heavy atom. The first-order valence-corrected chi connectivity index (χ1v) is 26.3. The fourth-order valence-electron chi connectivity index (χ4n) is 14.0. The van der Waals surface area contributed by atoms with Gasteiger partial charge in [0.2, 0.25) is 0 Å². The molecule has 0 fully saturated rings. The zero-order chi connectivity index (χ0) is 48.2. The Kier molecular flexibility index (Phi) is 8.29. The third kappa shape index (κ3) is 5.61. The molecule has 2 atom stereocenters. The van der Waals surface area contributed by atoms with Crippen molar-refractivity contribution >= 4 is 76.8 Å². The van der Waals surface area contributed by atoms with E-state index in [1.165, 1.54) is 144 Å². The van der Waals surface area contributed by atoms with Gasteiger partial charge in [-0.15, -0.1) is 0 Å². The van der Waals surface area contributed by atoms with E-state index in [-0.39, 0.29) is 6.04 Å². The van der Waals surface area contributed by atoms with Crippen LogP contribution in [0.15, 0.2) is 219 Å². The third-order valence-corrected chi connectivity index (χ3v) is 17.2. The van der Waals surface area contributed by atoms with Crippen molar-refractivity contribution < 1.29 is 0 Å². The van der Waals surface area contributed by atoms with E-state index in [0.29, 0.717) is 5.92 Å². The molecule has 0 spiro atoms. The Balaban J connectivity index is 0.805. The summed E-state index contributed by atoms with van der Waals surface area (Å²) in [5.41, 5.74) is 26.3. The molecule has 0 saturated carbocycles. The average Bonchev–Trinajstić information content (AvgIpc) is 4.27. The molecular weight excluding hydrogens is 899 g/mol. The van der Waals surface area contributed by atoms with Crippen LogP contribution in [0.3, 0.4) is 0 Å². The lowest BCUT2D eigenvalue weighted by Gasteiger charge is -2.31. The van der Waals surface area contributed by atoms with Crippen LogP contribution >= 0.6 is 0 Å². The number of pyridine rings is 1. The molecule has 3 aliphatic carbocycles. The van der Waals surface area contributed by atoms with Gasteiger partial charge in [0.05, 0.1) is 33.6 Å². The molecule has 74 heavy (non-hydrogen) atoms. The average molecular weight is 946 g/mol. The van der Waals surface area contributed by atoms with Crippen molar-refractivity contribution in [2.24, 2.45) is 0 Å². The van der Waals surface area contributed by atoms with Crippen molar-refractivity contribution in [3.05, 3.63) is 246 Å². The molecule has 0 bridgehead atoms.